The first-order valence-electron chi connectivity index (χ1n) is 13.6. The molecule has 0 bridgehead atoms. The van der Waals surface area contributed by atoms with E-state index in [9.17, 15) is 0 Å². The number of rotatable bonds is 25. The lowest BCUT2D eigenvalue weighted by molar-refractivity contribution is -0.0197. The molecule has 8 heteroatoms. The summed E-state index contributed by atoms with van der Waals surface area (Å²) in [5.74, 6) is 1.88. The largest absolute Gasteiger partial charge is 0.496 e. The van der Waals surface area contributed by atoms with Gasteiger partial charge in [-0.25, -0.2) is 0 Å². The van der Waals surface area contributed by atoms with Crippen molar-refractivity contribution in [2.75, 3.05) is 92.5 Å². The summed E-state index contributed by atoms with van der Waals surface area (Å²) >= 11 is 0. The van der Waals surface area contributed by atoms with Crippen LogP contribution in [0.5, 0.6) is 5.75 Å². The molecule has 2 rings (SSSR count). The first-order valence-corrected chi connectivity index (χ1v) is 13.6. The van der Waals surface area contributed by atoms with Gasteiger partial charge in [0, 0.05) is 6.42 Å². The molecule has 0 aromatic heterocycles. The lowest BCUT2D eigenvalue weighted by Crippen LogP contribution is -2.15. The molecule has 8 nitrogen and oxygen atoms in total. The SMILES string of the molecule is C=CCc1ccc(OCCOCCOCCOCCOCCOCCOCCOC2=CC=C(C)CC2)cc1. The van der Waals surface area contributed by atoms with Crippen LogP contribution < -0.4 is 4.74 Å². The van der Waals surface area contributed by atoms with E-state index in [2.05, 4.69) is 19.6 Å². The predicted molar refractivity (Wildman–Crippen MR) is 148 cm³/mol. The molecule has 0 N–H and O–H groups in total. The highest BCUT2D eigenvalue weighted by Gasteiger charge is 2.04. The molecule has 1 aliphatic carbocycles. The van der Waals surface area contributed by atoms with Gasteiger partial charge in [-0.2, -0.15) is 0 Å². The molecular weight excluding hydrogens is 488 g/mol. The van der Waals surface area contributed by atoms with E-state index >= 15 is 0 Å². The molecule has 0 radical (unpaired) electrons. The van der Waals surface area contributed by atoms with Crippen molar-refractivity contribution in [3.05, 3.63) is 66.0 Å². The highest BCUT2D eigenvalue weighted by Crippen LogP contribution is 2.18. The summed E-state index contributed by atoms with van der Waals surface area (Å²) in [6.45, 7) is 13.4. The lowest BCUT2D eigenvalue weighted by Gasteiger charge is -2.14. The van der Waals surface area contributed by atoms with Gasteiger partial charge in [-0.1, -0.05) is 29.9 Å². The molecule has 1 aromatic carbocycles. The molecule has 1 aromatic rings. The maximum Gasteiger partial charge on any atom is 0.119 e. The summed E-state index contributed by atoms with van der Waals surface area (Å²) < 4.78 is 44.3. The van der Waals surface area contributed by atoms with Crippen molar-refractivity contribution in [2.45, 2.75) is 26.2 Å². The zero-order valence-electron chi connectivity index (χ0n) is 23.0. The minimum atomic E-state index is 0.509. The summed E-state index contributed by atoms with van der Waals surface area (Å²) in [6.07, 6.45) is 8.96. The Hall–Kier alpha value is -2.20. The average Bonchev–Trinajstić information content (AvgIpc) is 2.93. The van der Waals surface area contributed by atoms with Crippen LogP contribution in [0.1, 0.15) is 25.3 Å². The first-order chi connectivity index (χ1) is 18.8. The molecule has 0 spiro atoms. The standard InChI is InChI=1S/C30H46O8/c1-3-4-28-7-11-30(12-8-28)38-26-24-36-22-20-34-18-16-32-14-13-31-15-17-33-19-21-35-23-25-37-29-9-5-27(2)6-10-29/h3,5,7-9,11-12H,1,4,6,10,13-26H2,2H3. The molecule has 0 amide bonds. The van der Waals surface area contributed by atoms with E-state index in [4.69, 9.17) is 37.9 Å². The molecule has 0 unspecified atom stereocenters. The normalized spacial score (nSPS) is 13.2. The fourth-order valence-electron chi connectivity index (χ4n) is 3.38. The molecule has 214 valence electrons. The monoisotopic (exact) mass is 534 g/mol. The van der Waals surface area contributed by atoms with Crippen LogP contribution in [-0.2, 0) is 39.6 Å². The highest BCUT2D eigenvalue weighted by molar-refractivity contribution is 5.28. The van der Waals surface area contributed by atoms with Crippen LogP contribution in [0.15, 0.2) is 60.4 Å². The summed E-state index contributed by atoms with van der Waals surface area (Å²) in [6, 6.07) is 8.01. The Kier molecular flexibility index (Phi) is 19.2. The van der Waals surface area contributed by atoms with Crippen molar-refractivity contribution in [1.29, 1.82) is 0 Å². The second-order valence-electron chi connectivity index (χ2n) is 8.65. The van der Waals surface area contributed by atoms with Gasteiger partial charge in [-0.3, -0.25) is 0 Å². The molecule has 1 aliphatic rings. The molecule has 0 fully saturated rings. The molecule has 0 saturated heterocycles. The quantitative estimate of drug-likeness (QED) is 0.134. The third kappa shape index (κ3) is 17.3. The van der Waals surface area contributed by atoms with Gasteiger partial charge in [0.25, 0.3) is 0 Å². The summed E-state index contributed by atoms with van der Waals surface area (Å²) in [4.78, 5) is 0. The van der Waals surface area contributed by atoms with Crippen molar-refractivity contribution in [1.82, 2.24) is 0 Å². The van der Waals surface area contributed by atoms with Crippen molar-refractivity contribution >= 4 is 0 Å². The minimum Gasteiger partial charge on any atom is -0.496 e. The fraction of sp³-hybridized carbons (Fsp3) is 0.600. The van der Waals surface area contributed by atoms with Crippen LogP contribution in [0.25, 0.3) is 0 Å². The van der Waals surface area contributed by atoms with Gasteiger partial charge in [-0.15, -0.1) is 6.58 Å². The van der Waals surface area contributed by atoms with Crippen molar-refractivity contribution in [3.8, 4) is 5.75 Å². The predicted octanol–water partition coefficient (Wildman–Crippen LogP) is 4.53. The van der Waals surface area contributed by atoms with E-state index in [1.54, 1.807) is 0 Å². The second-order valence-corrected chi connectivity index (χ2v) is 8.65. The van der Waals surface area contributed by atoms with Crippen molar-refractivity contribution < 1.29 is 37.9 Å². The van der Waals surface area contributed by atoms with Gasteiger partial charge in [0.1, 0.15) is 19.0 Å². The zero-order chi connectivity index (χ0) is 26.9. The summed E-state index contributed by atoms with van der Waals surface area (Å²) in [7, 11) is 0. The Bertz CT molecular complexity index is 775. The van der Waals surface area contributed by atoms with Crippen molar-refractivity contribution in [2.24, 2.45) is 0 Å². The molecular formula is C30H46O8. The zero-order valence-corrected chi connectivity index (χ0v) is 23.0. The minimum absolute atomic E-state index is 0.509. The van der Waals surface area contributed by atoms with Crippen LogP contribution in [-0.4, -0.2) is 92.5 Å². The van der Waals surface area contributed by atoms with Gasteiger partial charge in [-0.05, 0) is 43.5 Å². The lowest BCUT2D eigenvalue weighted by atomic mass is 10.1. The number of hydrogen-bond donors (Lipinski definition) is 0. The van der Waals surface area contributed by atoms with Gasteiger partial charge >= 0.3 is 0 Å². The average molecular weight is 535 g/mol. The van der Waals surface area contributed by atoms with Crippen LogP contribution in [0.3, 0.4) is 0 Å². The molecule has 0 saturated carbocycles. The topological polar surface area (TPSA) is 73.8 Å². The Morgan fingerprint density at radius 3 is 1.45 bits per heavy atom. The van der Waals surface area contributed by atoms with E-state index in [-0.39, 0.29) is 0 Å². The third-order valence-electron chi connectivity index (χ3n) is 5.49. The van der Waals surface area contributed by atoms with Gasteiger partial charge in [0.15, 0.2) is 0 Å². The number of ether oxygens (including phenoxy) is 8. The Labute approximate surface area is 228 Å². The Morgan fingerprint density at radius 2 is 1.03 bits per heavy atom. The van der Waals surface area contributed by atoms with E-state index in [0.717, 1.165) is 30.8 Å². The van der Waals surface area contributed by atoms with Gasteiger partial charge in [0.2, 0.25) is 0 Å². The summed E-state index contributed by atoms with van der Waals surface area (Å²) in [5.41, 5.74) is 2.61. The van der Waals surface area contributed by atoms with Gasteiger partial charge in [0.05, 0.1) is 85.0 Å². The van der Waals surface area contributed by atoms with E-state index in [1.807, 2.05) is 36.4 Å². The maximum absolute atomic E-state index is 5.69. The van der Waals surface area contributed by atoms with E-state index in [0.29, 0.717) is 92.5 Å². The first kappa shape index (κ1) is 32.0. The molecule has 38 heavy (non-hydrogen) atoms. The Morgan fingerprint density at radius 1 is 0.579 bits per heavy atom. The Balaban J connectivity index is 1.22. The van der Waals surface area contributed by atoms with Crippen LogP contribution in [0.4, 0.5) is 0 Å². The number of allylic oxidation sites excluding steroid dienone is 5. The van der Waals surface area contributed by atoms with Crippen LogP contribution in [0, 0.1) is 0 Å². The number of benzene rings is 1. The van der Waals surface area contributed by atoms with Gasteiger partial charge < -0.3 is 37.9 Å². The van der Waals surface area contributed by atoms with Crippen molar-refractivity contribution in [3.63, 3.8) is 0 Å². The smallest absolute Gasteiger partial charge is 0.119 e. The van der Waals surface area contributed by atoms with Crippen LogP contribution in [0.2, 0.25) is 0 Å². The molecule has 0 aliphatic heterocycles. The van der Waals surface area contributed by atoms with Crippen LogP contribution >= 0.6 is 0 Å². The summed E-state index contributed by atoms with van der Waals surface area (Å²) in [5, 5.41) is 0. The fourth-order valence-corrected chi connectivity index (χ4v) is 3.38. The molecule has 0 atom stereocenters. The molecule has 0 heterocycles. The van der Waals surface area contributed by atoms with E-state index < -0.39 is 0 Å². The third-order valence-corrected chi connectivity index (χ3v) is 5.49. The van der Waals surface area contributed by atoms with E-state index in [1.165, 1.54) is 11.1 Å². The second kappa shape index (κ2) is 22.8. The number of hydrogen-bond acceptors (Lipinski definition) is 8. The highest BCUT2D eigenvalue weighted by atomic mass is 16.6. The maximum atomic E-state index is 5.69.